The average Bonchev–Trinajstić information content (AvgIpc) is 2.73. The van der Waals surface area contributed by atoms with Crippen LogP contribution in [0.3, 0.4) is 0 Å². The second-order valence-electron chi connectivity index (χ2n) is 5.19. The van der Waals surface area contributed by atoms with Crippen LogP contribution in [-0.2, 0) is 16.4 Å². The van der Waals surface area contributed by atoms with E-state index in [0.717, 1.165) is 19.3 Å². The van der Waals surface area contributed by atoms with Crippen LogP contribution in [0.15, 0.2) is 4.90 Å². The van der Waals surface area contributed by atoms with Gasteiger partial charge in [0.05, 0.1) is 19.0 Å². The van der Waals surface area contributed by atoms with Crippen LogP contribution < -0.4 is 16.0 Å². The summed E-state index contributed by atoms with van der Waals surface area (Å²) in [5.74, 6) is 0.496. The van der Waals surface area contributed by atoms with Crippen molar-refractivity contribution >= 4 is 21.5 Å². The fraction of sp³-hybridized carbons (Fsp3) is 0.667. The van der Waals surface area contributed by atoms with Gasteiger partial charge in [0.15, 0.2) is 20.6 Å². The molecule has 1 fully saturated rings. The van der Waals surface area contributed by atoms with Gasteiger partial charge >= 0.3 is 0 Å². The highest BCUT2D eigenvalue weighted by atomic mass is 32.2. The second-order valence-corrected chi connectivity index (χ2v) is 7.14. The lowest BCUT2D eigenvalue weighted by atomic mass is 10.2. The first-order chi connectivity index (χ1) is 9.86. The molecule has 1 aromatic heterocycles. The molecule has 1 unspecified atom stereocenters. The van der Waals surface area contributed by atoms with Gasteiger partial charge in [0.25, 0.3) is 0 Å². The molecule has 0 amide bonds. The van der Waals surface area contributed by atoms with E-state index in [1.165, 1.54) is 4.68 Å². The van der Waals surface area contributed by atoms with Gasteiger partial charge in [-0.25, -0.2) is 13.1 Å². The summed E-state index contributed by atoms with van der Waals surface area (Å²) in [6, 6.07) is 2.13. The van der Waals surface area contributed by atoms with Crippen molar-refractivity contribution in [3.8, 4) is 6.07 Å². The maximum Gasteiger partial charge on any atom is 0.182 e. The van der Waals surface area contributed by atoms with Crippen LogP contribution in [0, 0.1) is 11.3 Å². The van der Waals surface area contributed by atoms with Crippen LogP contribution in [0.25, 0.3) is 0 Å². The van der Waals surface area contributed by atoms with Gasteiger partial charge < -0.3 is 16.0 Å². The van der Waals surface area contributed by atoms with Crippen molar-refractivity contribution in [2.45, 2.75) is 30.8 Å². The average molecular weight is 312 g/mol. The molecule has 1 saturated heterocycles. The Hall–Kier alpha value is -1.79. The fourth-order valence-corrected chi connectivity index (χ4v) is 3.45. The van der Waals surface area contributed by atoms with Crippen LogP contribution in [0.5, 0.6) is 0 Å². The zero-order valence-corrected chi connectivity index (χ0v) is 13.0. The maximum absolute atomic E-state index is 12.1. The molecule has 1 aliphatic heterocycles. The molecule has 3 N–H and O–H groups in total. The summed E-state index contributed by atoms with van der Waals surface area (Å²) in [5.41, 5.74) is 5.95. The maximum atomic E-state index is 12.1. The van der Waals surface area contributed by atoms with Crippen molar-refractivity contribution in [3.63, 3.8) is 0 Å². The Kier molecular flexibility index (Phi) is 4.39. The highest BCUT2D eigenvalue weighted by Crippen LogP contribution is 2.31. The van der Waals surface area contributed by atoms with Gasteiger partial charge in [0.1, 0.15) is 5.82 Å². The minimum Gasteiger partial charge on any atom is -0.383 e. The highest BCUT2D eigenvalue weighted by molar-refractivity contribution is 7.91. The number of hydrogen-bond acceptors (Lipinski definition) is 7. The lowest BCUT2D eigenvalue weighted by Crippen LogP contribution is -2.50. The van der Waals surface area contributed by atoms with Crippen LogP contribution in [0.2, 0.25) is 0 Å². The van der Waals surface area contributed by atoms with Gasteiger partial charge in [0.2, 0.25) is 0 Å². The van der Waals surface area contributed by atoms with Crippen molar-refractivity contribution in [2.24, 2.45) is 0 Å². The van der Waals surface area contributed by atoms with Crippen LogP contribution in [0.4, 0.5) is 11.6 Å². The van der Waals surface area contributed by atoms with Crippen molar-refractivity contribution in [3.05, 3.63) is 0 Å². The number of nitriles is 1. The summed E-state index contributed by atoms with van der Waals surface area (Å²) in [6.45, 7) is 4.47. The smallest absolute Gasteiger partial charge is 0.182 e. The number of aromatic nitrogens is 2. The van der Waals surface area contributed by atoms with Gasteiger partial charge in [0, 0.05) is 31.9 Å². The number of aryl methyl sites for hydroxylation is 1. The minimum atomic E-state index is -3.49. The van der Waals surface area contributed by atoms with Crippen LogP contribution in [0.1, 0.15) is 13.3 Å². The molecule has 0 aromatic carbocycles. The summed E-state index contributed by atoms with van der Waals surface area (Å²) in [5, 5.41) is 16.3. The number of sulfone groups is 1. The number of anilines is 2. The molecule has 2 rings (SSSR count). The lowest BCUT2D eigenvalue weighted by molar-refractivity contribution is 0.491. The van der Waals surface area contributed by atoms with E-state index in [0.29, 0.717) is 12.4 Å². The van der Waals surface area contributed by atoms with E-state index in [-0.39, 0.29) is 29.7 Å². The number of nitrogens with two attached hydrogens (primary N) is 1. The number of rotatable bonds is 4. The summed E-state index contributed by atoms with van der Waals surface area (Å²) in [6.07, 6.45) is 1.36. The Morgan fingerprint density at radius 1 is 1.57 bits per heavy atom. The molecule has 116 valence electrons. The SMILES string of the molecule is CC1CNCCN1c1nn(CCC#N)c(N)c1S(C)(=O)=O. The lowest BCUT2D eigenvalue weighted by Gasteiger charge is -2.34. The zero-order valence-electron chi connectivity index (χ0n) is 12.2. The molecule has 9 heteroatoms. The molecule has 1 atom stereocenters. The first-order valence-electron chi connectivity index (χ1n) is 6.77. The van der Waals surface area contributed by atoms with E-state index < -0.39 is 9.84 Å². The number of piperazine rings is 1. The third-order valence-corrected chi connectivity index (χ3v) is 4.64. The normalized spacial score (nSPS) is 19.5. The number of nitrogen functional groups attached to an aromatic ring is 1. The predicted molar refractivity (Wildman–Crippen MR) is 79.7 cm³/mol. The molecule has 8 nitrogen and oxygen atoms in total. The van der Waals surface area contributed by atoms with E-state index in [1.54, 1.807) is 0 Å². The monoisotopic (exact) mass is 312 g/mol. The molecule has 2 heterocycles. The van der Waals surface area contributed by atoms with E-state index in [4.69, 9.17) is 11.0 Å². The molecule has 21 heavy (non-hydrogen) atoms. The number of nitrogens with zero attached hydrogens (tertiary/aromatic N) is 4. The topological polar surface area (TPSA) is 117 Å². The molecule has 0 radical (unpaired) electrons. The summed E-state index contributed by atoms with van der Waals surface area (Å²) in [4.78, 5) is 2.01. The number of hydrogen-bond donors (Lipinski definition) is 2. The summed E-state index contributed by atoms with van der Waals surface area (Å²) < 4.78 is 25.5. The Morgan fingerprint density at radius 2 is 2.29 bits per heavy atom. The quantitative estimate of drug-likeness (QED) is 0.775. The molecule has 0 spiro atoms. The van der Waals surface area contributed by atoms with E-state index in [2.05, 4.69) is 10.4 Å². The molecule has 0 bridgehead atoms. The number of nitrogens with one attached hydrogen (secondary N) is 1. The van der Waals surface area contributed by atoms with E-state index in [1.807, 2.05) is 17.9 Å². The Balaban J connectivity index is 2.50. The molecule has 0 aliphatic carbocycles. The highest BCUT2D eigenvalue weighted by Gasteiger charge is 2.30. The molecular formula is C12H20N6O2S. The van der Waals surface area contributed by atoms with Gasteiger partial charge in [-0.1, -0.05) is 0 Å². The fourth-order valence-electron chi connectivity index (χ4n) is 2.47. The second kappa shape index (κ2) is 5.91. The van der Waals surface area contributed by atoms with Crippen LogP contribution >= 0.6 is 0 Å². The van der Waals surface area contributed by atoms with Gasteiger partial charge in [-0.15, -0.1) is 0 Å². The van der Waals surface area contributed by atoms with Gasteiger partial charge in [-0.05, 0) is 6.92 Å². The molecule has 0 saturated carbocycles. The van der Waals surface area contributed by atoms with Gasteiger partial charge in [-0.3, -0.25) is 0 Å². The summed E-state index contributed by atoms with van der Waals surface area (Å²) >= 11 is 0. The Bertz CT molecular complexity index is 660. The Labute approximate surface area is 124 Å². The predicted octanol–water partition coefficient (Wildman–Crippen LogP) is -0.419. The van der Waals surface area contributed by atoms with Crippen molar-refractivity contribution in [1.29, 1.82) is 5.26 Å². The third kappa shape index (κ3) is 3.11. The summed E-state index contributed by atoms with van der Waals surface area (Å²) in [7, 11) is -3.49. The van der Waals surface area contributed by atoms with Crippen molar-refractivity contribution in [2.75, 3.05) is 36.5 Å². The minimum absolute atomic E-state index is 0.0641. The first-order valence-corrected chi connectivity index (χ1v) is 8.66. The molecule has 1 aromatic rings. The van der Waals surface area contributed by atoms with Gasteiger partial charge in [-0.2, -0.15) is 10.4 Å². The zero-order chi connectivity index (χ0) is 15.6. The third-order valence-electron chi connectivity index (χ3n) is 3.51. The standard InChI is InChI=1S/C12H20N6O2S/c1-9-8-15-5-7-17(9)12-10(21(2,19)20)11(14)18(16-12)6-3-4-13/h9,15H,3,5-8,14H2,1-2H3. The van der Waals surface area contributed by atoms with E-state index in [9.17, 15) is 8.42 Å². The van der Waals surface area contributed by atoms with Crippen molar-refractivity contribution in [1.82, 2.24) is 15.1 Å². The first kappa shape index (κ1) is 15.6. The van der Waals surface area contributed by atoms with Crippen molar-refractivity contribution < 1.29 is 8.42 Å². The molecular weight excluding hydrogens is 292 g/mol. The van der Waals surface area contributed by atoms with E-state index >= 15 is 0 Å². The molecule has 1 aliphatic rings. The Morgan fingerprint density at radius 3 is 2.86 bits per heavy atom. The van der Waals surface area contributed by atoms with Crippen LogP contribution in [-0.4, -0.2) is 50.1 Å². The largest absolute Gasteiger partial charge is 0.383 e.